The Morgan fingerprint density at radius 3 is 2.54 bits per heavy atom. The molecule has 0 amide bonds. The van der Waals surface area contributed by atoms with Crippen molar-refractivity contribution in [2.45, 2.75) is 57.5 Å². The van der Waals surface area contributed by atoms with Crippen LogP contribution in [0.5, 0.6) is 5.88 Å². The summed E-state index contributed by atoms with van der Waals surface area (Å²) < 4.78 is 17.6. The van der Waals surface area contributed by atoms with E-state index in [9.17, 15) is 5.26 Å². The maximum atomic E-state index is 9.43. The summed E-state index contributed by atoms with van der Waals surface area (Å²) in [5.41, 5.74) is 3.72. The number of ether oxygens (including phenoxy) is 2. The molecule has 3 aromatic rings. The first kappa shape index (κ1) is 23.4. The molecule has 6 heteroatoms. The summed E-state index contributed by atoms with van der Waals surface area (Å²) in [7, 11) is 0. The van der Waals surface area contributed by atoms with E-state index in [0.29, 0.717) is 18.4 Å². The molecule has 0 unspecified atom stereocenters. The van der Waals surface area contributed by atoms with Gasteiger partial charge in [-0.3, -0.25) is 0 Å². The van der Waals surface area contributed by atoms with Crippen LogP contribution in [0.2, 0.25) is 0 Å². The number of nitrogens with zero attached hydrogens (tertiary/aromatic N) is 2. The molecule has 2 saturated heterocycles. The smallest absolute Gasteiger partial charge is 0.253 e. The van der Waals surface area contributed by atoms with Gasteiger partial charge in [-0.25, -0.2) is 0 Å². The molecule has 2 bridgehead atoms. The molecule has 1 aliphatic carbocycles. The molecule has 3 aliphatic rings. The zero-order chi connectivity index (χ0) is 24.5. The summed E-state index contributed by atoms with van der Waals surface area (Å²) >= 11 is 0. The van der Waals surface area contributed by atoms with Crippen LogP contribution in [0, 0.1) is 16.7 Å². The van der Waals surface area contributed by atoms with Gasteiger partial charge >= 0.3 is 0 Å². The quantitative estimate of drug-likeness (QED) is 0.407. The Hall–Kier alpha value is -3.30. The number of anilines is 1. The van der Waals surface area contributed by atoms with Gasteiger partial charge in [-0.05, 0) is 75.8 Å². The average Bonchev–Trinajstić information content (AvgIpc) is 3.38. The van der Waals surface area contributed by atoms with Gasteiger partial charge in [0.2, 0.25) is 5.89 Å². The van der Waals surface area contributed by atoms with Crippen LogP contribution < -0.4 is 10.1 Å². The maximum absolute atomic E-state index is 9.43. The minimum atomic E-state index is -0.479. The Morgan fingerprint density at radius 2 is 1.89 bits per heavy atom. The predicted octanol–water partition coefficient (Wildman–Crippen LogP) is 6.44. The van der Waals surface area contributed by atoms with E-state index >= 15 is 0 Å². The lowest BCUT2D eigenvalue weighted by atomic mass is 9.64. The van der Waals surface area contributed by atoms with Gasteiger partial charge in [0.05, 0.1) is 30.3 Å². The van der Waals surface area contributed by atoms with Gasteiger partial charge < -0.3 is 19.2 Å². The van der Waals surface area contributed by atoms with E-state index in [0.717, 1.165) is 55.6 Å². The van der Waals surface area contributed by atoms with E-state index in [4.69, 9.17) is 13.9 Å². The first-order valence-corrected chi connectivity index (χ1v) is 12.5. The first-order chi connectivity index (χ1) is 16.9. The third-order valence-electron chi connectivity index (χ3n) is 7.74. The fraction of sp³-hybridized carbons (Fsp3) is 0.448. The predicted molar refractivity (Wildman–Crippen MR) is 135 cm³/mol. The van der Waals surface area contributed by atoms with Crippen molar-refractivity contribution in [2.24, 2.45) is 5.41 Å². The summed E-state index contributed by atoms with van der Waals surface area (Å²) in [5, 5.41) is 13.1. The number of rotatable bonds is 8. The third kappa shape index (κ3) is 4.53. The monoisotopic (exact) mass is 471 g/mol. The summed E-state index contributed by atoms with van der Waals surface area (Å²) in [4.78, 5) is 4.40. The summed E-state index contributed by atoms with van der Waals surface area (Å²) in [6, 6.07) is 19.0. The van der Waals surface area contributed by atoms with Gasteiger partial charge in [-0.2, -0.15) is 10.2 Å². The summed E-state index contributed by atoms with van der Waals surface area (Å²) in [5.74, 6) is 1.07. The van der Waals surface area contributed by atoms with Crippen molar-refractivity contribution in [3.8, 4) is 23.4 Å². The van der Waals surface area contributed by atoms with Crippen molar-refractivity contribution in [3.63, 3.8) is 0 Å². The number of nitrogens with one attached hydrogen (secondary N) is 1. The number of fused-ring (bicyclic) bond motifs is 3. The molecule has 3 heterocycles. The maximum Gasteiger partial charge on any atom is 0.253 e. The standard InChI is InChI=1S/C29H33N3O3/c1-4-33-25-17-34-26(32-25)21-6-5-7-24(16-21)31-19-28-12-14-29(15-13-28,35-20-28)23-10-8-22(9-11-23)27(2,3)18-30/h5-11,16-17,31H,4,12-15,19-20H2,1-3H3. The highest BCUT2D eigenvalue weighted by atomic mass is 16.5. The zero-order valence-electron chi connectivity index (χ0n) is 20.8. The Balaban J connectivity index is 1.22. The van der Waals surface area contributed by atoms with Crippen LogP contribution in [0.1, 0.15) is 57.6 Å². The van der Waals surface area contributed by atoms with Crippen molar-refractivity contribution in [1.29, 1.82) is 5.26 Å². The number of nitriles is 1. The Kier molecular flexibility index (Phi) is 6.06. The van der Waals surface area contributed by atoms with Crippen LogP contribution in [-0.4, -0.2) is 24.7 Å². The highest BCUT2D eigenvalue weighted by Crippen LogP contribution is 2.53. The van der Waals surface area contributed by atoms with E-state index < -0.39 is 5.41 Å². The fourth-order valence-electron chi connectivity index (χ4n) is 5.28. The molecule has 6 nitrogen and oxygen atoms in total. The minimum absolute atomic E-state index is 0.144. The molecule has 1 saturated carbocycles. The van der Waals surface area contributed by atoms with Crippen LogP contribution in [0.3, 0.4) is 0 Å². The van der Waals surface area contributed by atoms with Gasteiger partial charge in [-0.15, -0.1) is 0 Å². The molecule has 1 N–H and O–H groups in total. The van der Waals surface area contributed by atoms with E-state index in [1.54, 1.807) is 6.26 Å². The van der Waals surface area contributed by atoms with Crippen molar-refractivity contribution in [2.75, 3.05) is 25.1 Å². The molecule has 2 aromatic carbocycles. The SMILES string of the molecule is CCOc1coc(-c2cccc(NCC34CCC(c5ccc(C(C)(C)C#N)cc5)(CC3)OC4)c2)n1. The molecular formula is C29H33N3O3. The lowest BCUT2D eigenvalue weighted by Crippen LogP contribution is -2.51. The van der Waals surface area contributed by atoms with Gasteiger partial charge in [0, 0.05) is 23.2 Å². The topological polar surface area (TPSA) is 80.3 Å². The minimum Gasteiger partial charge on any atom is -0.476 e. The molecule has 35 heavy (non-hydrogen) atoms. The number of oxazole rings is 1. The van der Waals surface area contributed by atoms with E-state index in [1.165, 1.54) is 5.56 Å². The lowest BCUT2D eigenvalue weighted by molar-refractivity contribution is -0.185. The van der Waals surface area contributed by atoms with Crippen LogP contribution in [0.4, 0.5) is 5.69 Å². The molecular weight excluding hydrogens is 438 g/mol. The van der Waals surface area contributed by atoms with E-state index in [2.05, 4.69) is 52.8 Å². The molecule has 0 radical (unpaired) electrons. The highest BCUT2D eigenvalue weighted by molar-refractivity contribution is 5.61. The van der Waals surface area contributed by atoms with Crippen molar-refractivity contribution < 1.29 is 13.9 Å². The summed E-state index contributed by atoms with van der Waals surface area (Å²) in [6.45, 7) is 8.02. The normalized spacial score (nSPS) is 23.6. The molecule has 0 atom stereocenters. The van der Waals surface area contributed by atoms with E-state index in [1.807, 2.05) is 32.9 Å². The van der Waals surface area contributed by atoms with Crippen LogP contribution in [0.15, 0.2) is 59.2 Å². The van der Waals surface area contributed by atoms with Gasteiger partial charge in [0.15, 0.2) is 6.26 Å². The fourth-order valence-corrected chi connectivity index (χ4v) is 5.28. The molecule has 2 aliphatic heterocycles. The number of benzene rings is 2. The van der Waals surface area contributed by atoms with Gasteiger partial charge in [0.25, 0.3) is 5.88 Å². The third-order valence-corrected chi connectivity index (χ3v) is 7.74. The summed E-state index contributed by atoms with van der Waals surface area (Å²) in [6.07, 6.45) is 5.84. The molecule has 0 spiro atoms. The largest absolute Gasteiger partial charge is 0.476 e. The lowest BCUT2D eigenvalue weighted by Gasteiger charge is -2.53. The average molecular weight is 472 g/mol. The molecule has 1 aromatic heterocycles. The van der Waals surface area contributed by atoms with E-state index in [-0.39, 0.29) is 11.0 Å². The van der Waals surface area contributed by atoms with Crippen molar-refractivity contribution >= 4 is 5.69 Å². The van der Waals surface area contributed by atoms with Crippen molar-refractivity contribution in [1.82, 2.24) is 4.98 Å². The van der Waals surface area contributed by atoms with Crippen molar-refractivity contribution in [3.05, 3.63) is 65.9 Å². The first-order valence-electron chi connectivity index (χ1n) is 12.5. The van der Waals surface area contributed by atoms with Crippen LogP contribution >= 0.6 is 0 Å². The highest BCUT2D eigenvalue weighted by Gasteiger charge is 2.50. The zero-order valence-corrected chi connectivity index (χ0v) is 20.8. The Bertz CT molecular complexity index is 1200. The van der Waals surface area contributed by atoms with Gasteiger partial charge in [-0.1, -0.05) is 30.3 Å². The van der Waals surface area contributed by atoms with Crippen LogP contribution in [0.25, 0.3) is 11.5 Å². The molecule has 6 rings (SSSR count). The second kappa shape index (κ2) is 9.05. The Labute approximate surface area is 207 Å². The second-order valence-electron chi connectivity index (χ2n) is 10.5. The number of hydrogen-bond acceptors (Lipinski definition) is 6. The molecule has 3 fully saturated rings. The molecule has 182 valence electrons. The second-order valence-corrected chi connectivity index (χ2v) is 10.5. The van der Waals surface area contributed by atoms with Crippen LogP contribution in [-0.2, 0) is 15.8 Å². The van der Waals surface area contributed by atoms with Gasteiger partial charge in [0.1, 0.15) is 0 Å². The number of hydrogen-bond donors (Lipinski definition) is 1. The number of aromatic nitrogens is 1. The Morgan fingerprint density at radius 1 is 1.11 bits per heavy atom.